The molecular formula is C20H33FN2. The van der Waals surface area contributed by atoms with Gasteiger partial charge in [0.1, 0.15) is 5.82 Å². The summed E-state index contributed by atoms with van der Waals surface area (Å²) in [6.45, 7) is 4.47. The number of hydrogen-bond acceptors (Lipinski definition) is 2. The number of aromatic nitrogens is 2. The lowest BCUT2D eigenvalue weighted by Gasteiger charge is -2.27. The molecular weight excluding hydrogens is 287 g/mol. The molecule has 130 valence electrons. The van der Waals surface area contributed by atoms with Crippen LogP contribution in [0.5, 0.6) is 0 Å². The molecule has 0 saturated heterocycles. The third-order valence-electron chi connectivity index (χ3n) is 5.29. The normalized spacial score (nSPS) is 21.5. The minimum atomic E-state index is -0.277. The standard InChI is InChI=1S/C20H33FN2/c1-3-5-6-7-8-10-18-15-22-20(23-19(18)21)17-13-11-16(9-4-2)12-14-17/h15-17H,3-14H2,1-2H3/t16-,17-. The summed E-state index contributed by atoms with van der Waals surface area (Å²) in [6, 6.07) is 0. The van der Waals surface area contributed by atoms with Crippen LogP contribution < -0.4 is 0 Å². The number of hydrogen-bond donors (Lipinski definition) is 0. The number of halogens is 1. The second-order valence-corrected chi connectivity index (χ2v) is 7.21. The minimum Gasteiger partial charge on any atom is -0.241 e. The second kappa shape index (κ2) is 10.00. The Balaban J connectivity index is 1.82. The average Bonchev–Trinajstić information content (AvgIpc) is 2.57. The van der Waals surface area contributed by atoms with E-state index in [2.05, 4.69) is 23.8 Å². The molecule has 0 unspecified atom stereocenters. The van der Waals surface area contributed by atoms with Crippen LogP contribution >= 0.6 is 0 Å². The maximum Gasteiger partial charge on any atom is 0.219 e. The summed E-state index contributed by atoms with van der Waals surface area (Å²) in [5.74, 6) is 1.70. The van der Waals surface area contributed by atoms with E-state index in [-0.39, 0.29) is 5.95 Å². The first-order valence-corrected chi connectivity index (χ1v) is 9.75. The molecule has 1 aromatic heterocycles. The van der Waals surface area contributed by atoms with Crippen molar-refractivity contribution < 1.29 is 4.39 Å². The molecule has 2 nitrogen and oxygen atoms in total. The van der Waals surface area contributed by atoms with Crippen LogP contribution in [0.2, 0.25) is 0 Å². The smallest absolute Gasteiger partial charge is 0.219 e. The van der Waals surface area contributed by atoms with Gasteiger partial charge in [0.15, 0.2) is 0 Å². The van der Waals surface area contributed by atoms with Gasteiger partial charge in [-0.15, -0.1) is 0 Å². The molecule has 1 heterocycles. The Morgan fingerprint density at radius 3 is 2.39 bits per heavy atom. The zero-order valence-electron chi connectivity index (χ0n) is 15.0. The SMILES string of the molecule is CCCCCCCc1cnc([C@H]2CC[C@H](CCC)CC2)nc1F. The van der Waals surface area contributed by atoms with Gasteiger partial charge in [-0.25, -0.2) is 9.97 Å². The highest BCUT2D eigenvalue weighted by molar-refractivity contribution is 5.10. The fraction of sp³-hybridized carbons (Fsp3) is 0.800. The molecule has 0 aliphatic heterocycles. The van der Waals surface area contributed by atoms with Crippen molar-refractivity contribution in [2.24, 2.45) is 5.92 Å². The van der Waals surface area contributed by atoms with E-state index >= 15 is 0 Å². The molecule has 0 radical (unpaired) electrons. The van der Waals surface area contributed by atoms with Gasteiger partial charge in [0.2, 0.25) is 5.95 Å². The Labute approximate surface area is 141 Å². The van der Waals surface area contributed by atoms with E-state index in [0.29, 0.717) is 11.5 Å². The van der Waals surface area contributed by atoms with E-state index in [4.69, 9.17) is 0 Å². The van der Waals surface area contributed by atoms with Gasteiger partial charge in [0, 0.05) is 17.7 Å². The van der Waals surface area contributed by atoms with Crippen molar-refractivity contribution in [1.82, 2.24) is 9.97 Å². The zero-order valence-corrected chi connectivity index (χ0v) is 15.0. The Morgan fingerprint density at radius 2 is 1.74 bits per heavy atom. The highest BCUT2D eigenvalue weighted by atomic mass is 19.1. The summed E-state index contributed by atoms with van der Waals surface area (Å²) in [4.78, 5) is 8.70. The summed E-state index contributed by atoms with van der Waals surface area (Å²) < 4.78 is 14.2. The van der Waals surface area contributed by atoms with Crippen molar-refractivity contribution in [2.75, 3.05) is 0 Å². The maximum absolute atomic E-state index is 14.2. The molecule has 0 aromatic carbocycles. The fourth-order valence-electron chi connectivity index (χ4n) is 3.80. The van der Waals surface area contributed by atoms with E-state index in [0.717, 1.165) is 37.4 Å². The molecule has 3 heteroatoms. The van der Waals surface area contributed by atoms with Crippen LogP contribution in [-0.2, 0) is 6.42 Å². The first-order chi connectivity index (χ1) is 11.2. The summed E-state index contributed by atoms with van der Waals surface area (Å²) in [7, 11) is 0. The van der Waals surface area contributed by atoms with Crippen molar-refractivity contribution in [3.63, 3.8) is 0 Å². The molecule has 0 N–H and O–H groups in total. The highest BCUT2D eigenvalue weighted by Gasteiger charge is 2.24. The Bertz CT molecular complexity index is 453. The average molecular weight is 320 g/mol. The topological polar surface area (TPSA) is 25.8 Å². The van der Waals surface area contributed by atoms with Crippen LogP contribution in [0, 0.1) is 11.9 Å². The van der Waals surface area contributed by atoms with Crippen LogP contribution in [-0.4, -0.2) is 9.97 Å². The molecule has 0 spiro atoms. The molecule has 0 amide bonds. The Morgan fingerprint density at radius 1 is 1.00 bits per heavy atom. The molecule has 0 bridgehead atoms. The number of unbranched alkanes of at least 4 members (excludes halogenated alkanes) is 4. The zero-order chi connectivity index (χ0) is 16.5. The van der Waals surface area contributed by atoms with Gasteiger partial charge in [-0.3, -0.25) is 0 Å². The molecule has 23 heavy (non-hydrogen) atoms. The predicted molar refractivity (Wildman–Crippen MR) is 94.1 cm³/mol. The van der Waals surface area contributed by atoms with Gasteiger partial charge in [0.05, 0.1) is 0 Å². The van der Waals surface area contributed by atoms with Crippen LogP contribution in [0.1, 0.15) is 102 Å². The summed E-state index contributed by atoms with van der Waals surface area (Å²) in [6.07, 6.45) is 15.9. The monoisotopic (exact) mass is 320 g/mol. The van der Waals surface area contributed by atoms with Crippen molar-refractivity contribution in [3.8, 4) is 0 Å². The van der Waals surface area contributed by atoms with Crippen molar-refractivity contribution in [1.29, 1.82) is 0 Å². The summed E-state index contributed by atoms with van der Waals surface area (Å²) in [5.41, 5.74) is 0.699. The minimum absolute atomic E-state index is 0.277. The number of rotatable bonds is 9. The van der Waals surface area contributed by atoms with E-state index in [1.165, 1.54) is 51.4 Å². The quantitative estimate of drug-likeness (QED) is 0.400. The van der Waals surface area contributed by atoms with Gasteiger partial charge < -0.3 is 0 Å². The lowest BCUT2D eigenvalue weighted by atomic mass is 9.80. The fourth-order valence-corrected chi connectivity index (χ4v) is 3.80. The van der Waals surface area contributed by atoms with Gasteiger partial charge in [0.25, 0.3) is 0 Å². The van der Waals surface area contributed by atoms with Gasteiger partial charge in [-0.1, -0.05) is 52.4 Å². The third kappa shape index (κ3) is 5.86. The van der Waals surface area contributed by atoms with Gasteiger partial charge >= 0.3 is 0 Å². The van der Waals surface area contributed by atoms with E-state index in [1.807, 2.05) is 0 Å². The van der Waals surface area contributed by atoms with Crippen LogP contribution in [0.4, 0.5) is 4.39 Å². The molecule has 0 atom stereocenters. The maximum atomic E-state index is 14.2. The first-order valence-electron chi connectivity index (χ1n) is 9.75. The molecule has 1 aliphatic rings. The van der Waals surface area contributed by atoms with Crippen LogP contribution in [0.15, 0.2) is 6.20 Å². The van der Waals surface area contributed by atoms with E-state index in [9.17, 15) is 4.39 Å². The van der Waals surface area contributed by atoms with Crippen molar-refractivity contribution in [2.45, 2.75) is 96.8 Å². The molecule has 1 fully saturated rings. The predicted octanol–water partition coefficient (Wildman–Crippen LogP) is 6.20. The van der Waals surface area contributed by atoms with Crippen LogP contribution in [0.3, 0.4) is 0 Å². The lowest BCUT2D eigenvalue weighted by molar-refractivity contribution is 0.300. The Kier molecular flexibility index (Phi) is 7.98. The van der Waals surface area contributed by atoms with Crippen molar-refractivity contribution >= 4 is 0 Å². The summed E-state index contributed by atoms with van der Waals surface area (Å²) >= 11 is 0. The molecule has 1 saturated carbocycles. The van der Waals surface area contributed by atoms with E-state index in [1.54, 1.807) is 6.20 Å². The lowest BCUT2D eigenvalue weighted by Crippen LogP contribution is -2.16. The number of nitrogens with zero attached hydrogens (tertiary/aromatic N) is 2. The molecule has 1 aliphatic carbocycles. The van der Waals surface area contributed by atoms with Crippen molar-refractivity contribution in [3.05, 3.63) is 23.5 Å². The third-order valence-corrected chi connectivity index (χ3v) is 5.29. The second-order valence-electron chi connectivity index (χ2n) is 7.21. The highest BCUT2D eigenvalue weighted by Crippen LogP contribution is 2.36. The van der Waals surface area contributed by atoms with Gasteiger partial charge in [-0.05, 0) is 44.4 Å². The van der Waals surface area contributed by atoms with Gasteiger partial charge in [-0.2, -0.15) is 4.39 Å². The largest absolute Gasteiger partial charge is 0.241 e. The van der Waals surface area contributed by atoms with Crippen LogP contribution in [0.25, 0.3) is 0 Å². The molecule has 1 aromatic rings. The van der Waals surface area contributed by atoms with E-state index < -0.39 is 0 Å². The number of aryl methyl sites for hydroxylation is 1. The summed E-state index contributed by atoms with van der Waals surface area (Å²) in [5, 5.41) is 0. The first kappa shape index (κ1) is 18.4. The Hall–Kier alpha value is -0.990. The molecule has 2 rings (SSSR count).